The lowest BCUT2D eigenvalue weighted by molar-refractivity contribution is 0.416. The molecule has 116 valence electrons. The van der Waals surface area contributed by atoms with Gasteiger partial charge in [-0.05, 0) is 48.6 Å². The van der Waals surface area contributed by atoms with E-state index in [1.165, 1.54) is 18.4 Å². The lowest BCUT2D eigenvalue weighted by Gasteiger charge is -2.11. The minimum atomic E-state index is -3.32. The number of ether oxygens (including phenoxy) is 1. The van der Waals surface area contributed by atoms with Crippen molar-refractivity contribution in [2.24, 2.45) is 0 Å². The van der Waals surface area contributed by atoms with Gasteiger partial charge in [-0.3, -0.25) is 9.71 Å². The average molecular weight is 318 g/mol. The van der Waals surface area contributed by atoms with Crippen LogP contribution in [0.5, 0.6) is 5.75 Å². The van der Waals surface area contributed by atoms with E-state index in [0.29, 0.717) is 17.4 Å². The molecule has 6 heteroatoms. The van der Waals surface area contributed by atoms with Crippen molar-refractivity contribution in [2.75, 3.05) is 18.1 Å². The third-order valence-electron chi connectivity index (χ3n) is 3.61. The quantitative estimate of drug-likeness (QED) is 0.920. The van der Waals surface area contributed by atoms with E-state index in [4.69, 9.17) is 4.74 Å². The Morgan fingerprint density at radius 3 is 2.55 bits per heavy atom. The van der Waals surface area contributed by atoms with Crippen molar-refractivity contribution in [1.29, 1.82) is 0 Å². The van der Waals surface area contributed by atoms with Gasteiger partial charge in [-0.15, -0.1) is 0 Å². The van der Waals surface area contributed by atoms with E-state index in [1.807, 2.05) is 12.3 Å². The first-order chi connectivity index (χ1) is 10.5. The summed E-state index contributed by atoms with van der Waals surface area (Å²) in [5.41, 5.74) is 3.27. The van der Waals surface area contributed by atoms with Gasteiger partial charge < -0.3 is 4.74 Å². The molecule has 3 rings (SSSR count). The van der Waals surface area contributed by atoms with Crippen LogP contribution in [-0.4, -0.2) is 26.8 Å². The zero-order valence-electron chi connectivity index (χ0n) is 12.5. The Labute approximate surface area is 130 Å². The molecular formula is C16H18N2O3S. The second kappa shape index (κ2) is 5.61. The SMILES string of the molecule is COc1ccc(NS(C)(=O)=O)cc1-c1ccc(C2CC2)cn1. The van der Waals surface area contributed by atoms with Crippen LogP contribution in [0.1, 0.15) is 24.3 Å². The predicted molar refractivity (Wildman–Crippen MR) is 86.7 cm³/mol. The van der Waals surface area contributed by atoms with Crippen LogP contribution in [0.25, 0.3) is 11.3 Å². The molecule has 1 aromatic heterocycles. The van der Waals surface area contributed by atoms with E-state index in [-0.39, 0.29) is 0 Å². The van der Waals surface area contributed by atoms with Gasteiger partial charge in [-0.25, -0.2) is 8.42 Å². The number of nitrogens with one attached hydrogen (secondary N) is 1. The monoisotopic (exact) mass is 318 g/mol. The van der Waals surface area contributed by atoms with Gasteiger partial charge in [0, 0.05) is 17.4 Å². The van der Waals surface area contributed by atoms with Crippen molar-refractivity contribution in [3.63, 3.8) is 0 Å². The molecule has 0 spiro atoms. The topological polar surface area (TPSA) is 68.3 Å². The molecule has 1 aromatic carbocycles. The highest BCUT2D eigenvalue weighted by molar-refractivity contribution is 7.92. The number of pyridine rings is 1. The maximum absolute atomic E-state index is 11.4. The first-order valence-corrected chi connectivity index (χ1v) is 8.97. The molecule has 1 aliphatic rings. The number of benzene rings is 1. The Balaban J connectivity index is 1.97. The predicted octanol–water partition coefficient (Wildman–Crippen LogP) is 3.01. The minimum Gasteiger partial charge on any atom is -0.496 e. The van der Waals surface area contributed by atoms with Gasteiger partial charge in [-0.1, -0.05) is 6.07 Å². The van der Waals surface area contributed by atoms with Crippen molar-refractivity contribution < 1.29 is 13.2 Å². The molecule has 0 radical (unpaired) electrons. The summed E-state index contributed by atoms with van der Waals surface area (Å²) >= 11 is 0. The minimum absolute atomic E-state index is 0.492. The Bertz CT molecular complexity index is 782. The summed E-state index contributed by atoms with van der Waals surface area (Å²) in [5.74, 6) is 1.31. The van der Waals surface area contributed by atoms with Crippen molar-refractivity contribution in [1.82, 2.24) is 4.98 Å². The van der Waals surface area contributed by atoms with E-state index < -0.39 is 10.0 Å². The van der Waals surface area contributed by atoms with Crippen LogP contribution in [0.15, 0.2) is 36.5 Å². The van der Waals surface area contributed by atoms with E-state index in [9.17, 15) is 8.42 Å². The third-order valence-corrected chi connectivity index (χ3v) is 4.22. The summed E-state index contributed by atoms with van der Waals surface area (Å²) in [5, 5.41) is 0. The van der Waals surface area contributed by atoms with Crippen LogP contribution in [0.3, 0.4) is 0 Å². The first kappa shape index (κ1) is 14.8. The summed E-state index contributed by atoms with van der Waals surface area (Å²) in [6.45, 7) is 0. The summed E-state index contributed by atoms with van der Waals surface area (Å²) in [6.07, 6.45) is 5.49. The number of hydrogen-bond acceptors (Lipinski definition) is 4. The van der Waals surface area contributed by atoms with Crippen molar-refractivity contribution in [3.8, 4) is 17.0 Å². The number of methoxy groups -OCH3 is 1. The molecule has 1 aliphatic carbocycles. The zero-order chi connectivity index (χ0) is 15.7. The fourth-order valence-corrected chi connectivity index (χ4v) is 2.96. The van der Waals surface area contributed by atoms with Gasteiger partial charge in [0.1, 0.15) is 5.75 Å². The number of hydrogen-bond donors (Lipinski definition) is 1. The fraction of sp³-hybridized carbons (Fsp3) is 0.312. The Morgan fingerprint density at radius 1 is 1.23 bits per heavy atom. The first-order valence-electron chi connectivity index (χ1n) is 7.08. The van der Waals surface area contributed by atoms with Crippen molar-refractivity contribution >= 4 is 15.7 Å². The third kappa shape index (κ3) is 3.39. The molecule has 0 bridgehead atoms. The molecule has 22 heavy (non-hydrogen) atoms. The number of aromatic nitrogens is 1. The van der Waals surface area contributed by atoms with E-state index in [2.05, 4.69) is 15.8 Å². The fourth-order valence-electron chi connectivity index (χ4n) is 2.41. The second-order valence-corrected chi connectivity index (χ2v) is 7.29. The van der Waals surface area contributed by atoms with E-state index >= 15 is 0 Å². The normalized spacial score (nSPS) is 14.6. The van der Waals surface area contributed by atoms with Gasteiger partial charge in [0.05, 0.1) is 19.1 Å². The number of rotatable bonds is 5. The number of sulfonamides is 1. The smallest absolute Gasteiger partial charge is 0.229 e. The van der Waals surface area contributed by atoms with Gasteiger partial charge in [0.2, 0.25) is 10.0 Å². The number of nitrogens with zero attached hydrogens (tertiary/aromatic N) is 1. The molecule has 0 saturated heterocycles. The van der Waals surface area contributed by atoms with E-state index in [1.54, 1.807) is 25.3 Å². The molecule has 0 amide bonds. The van der Waals surface area contributed by atoms with Crippen LogP contribution < -0.4 is 9.46 Å². The molecular weight excluding hydrogens is 300 g/mol. The summed E-state index contributed by atoms with van der Waals surface area (Å²) in [7, 11) is -1.73. The maximum Gasteiger partial charge on any atom is 0.229 e. The molecule has 1 N–H and O–H groups in total. The van der Waals surface area contributed by atoms with Crippen LogP contribution in [0.4, 0.5) is 5.69 Å². The lowest BCUT2D eigenvalue weighted by Crippen LogP contribution is -2.09. The summed E-state index contributed by atoms with van der Waals surface area (Å²) in [4.78, 5) is 4.50. The van der Waals surface area contributed by atoms with E-state index in [0.717, 1.165) is 17.5 Å². The van der Waals surface area contributed by atoms with Gasteiger partial charge in [0.25, 0.3) is 0 Å². The highest BCUT2D eigenvalue weighted by Crippen LogP contribution is 2.40. The standard InChI is InChI=1S/C16H18N2O3S/c1-21-16-8-6-13(18-22(2,19)20)9-14(16)15-7-5-12(10-17-15)11-3-4-11/h5-11,18H,3-4H2,1-2H3. The Kier molecular flexibility index (Phi) is 3.78. The molecule has 1 heterocycles. The molecule has 0 unspecified atom stereocenters. The molecule has 1 saturated carbocycles. The summed E-state index contributed by atoms with van der Waals surface area (Å²) < 4.78 is 30.6. The van der Waals surface area contributed by atoms with Gasteiger partial charge >= 0.3 is 0 Å². The molecule has 5 nitrogen and oxygen atoms in total. The van der Waals surface area contributed by atoms with Crippen LogP contribution in [0.2, 0.25) is 0 Å². The van der Waals surface area contributed by atoms with Crippen LogP contribution in [-0.2, 0) is 10.0 Å². The van der Waals surface area contributed by atoms with Crippen LogP contribution in [0, 0.1) is 0 Å². The Hall–Kier alpha value is -2.08. The van der Waals surface area contributed by atoms with Crippen LogP contribution >= 0.6 is 0 Å². The maximum atomic E-state index is 11.4. The summed E-state index contributed by atoms with van der Waals surface area (Å²) in [6, 6.07) is 9.17. The molecule has 1 fully saturated rings. The molecule has 0 atom stereocenters. The Morgan fingerprint density at radius 2 is 2.00 bits per heavy atom. The zero-order valence-corrected chi connectivity index (χ0v) is 13.4. The lowest BCUT2D eigenvalue weighted by atomic mass is 10.1. The number of anilines is 1. The van der Waals surface area contributed by atoms with Crippen molar-refractivity contribution in [2.45, 2.75) is 18.8 Å². The van der Waals surface area contributed by atoms with Gasteiger partial charge in [-0.2, -0.15) is 0 Å². The molecule has 0 aliphatic heterocycles. The van der Waals surface area contributed by atoms with Crippen molar-refractivity contribution in [3.05, 3.63) is 42.1 Å². The van der Waals surface area contributed by atoms with Gasteiger partial charge in [0.15, 0.2) is 0 Å². The highest BCUT2D eigenvalue weighted by Gasteiger charge is 2.23. The average Bonchev–Trinajstić information content (AvgIpc) is 3.30. The second-order valence-electron chi connectivity index (χ2n) is 5.54. The molecule has 2 aromatic rings. The largest absolute Gasteiger partial charge is 0.496 e. The highest BCUT2D eigenvalue weighted by atomic mass is 32.2.